The summed E-state index contributed by atoms with van der Waals surface area (Å²) in [6, 6.07) is 9.79. The van der Waals surface area contributed by atoms with Crippen molar-refractivity contribution in [2.45, 2.75) is 64.1 Å². The number of hydrogen-bond donors (Lipinski definition) is 2. The van der Waals surface area contributed by atoms with Gasteiger partial charge in [0.1, 0.15) is 0 Å². The van der Waals surface area contributed by atoms with Gasteiger partial charge in [0.15, 0.2) is 0 Å². The third-order valence-corrected chi connectivity index (χ3v) is 4.96. The second-order valence-electron chi connectivity index (χ2n) is 6.88. The maximum absolute atomic E-state index is 12.3. The molecule has 21 heavy (non-hydrogen) atoms. The SMILES string of the molecule is Cc1cccc([C@@H](C)NC(=O)CC2CC3CCC(C2)N3)c1. The zero-order valence-electron chi connectivity index (χ0n) is 13.1. The average molecular weight is 286 g/mol. The predicted molar refractivity (Wildman–Crippen MR) is 85.0 cm³/mol. The molecule has 3 nitrogen and oxygen atoms in total. The molecular formula is C18H26N2O. The van der Waals surface area contributed by atoms with Gasteiger partial charge in [-0.05, 0) is 51.0 Å². The Morgan fingerprint density at radius 1 is 1.33 bits per heavy atom. The second-order valence-corrected chi connectivity index (χ2v) is 6.88. The van der Waals surface area contributed by atoms with E-state index in [4.69, 9.17) is 0 Å². The van der Waals surface area contributed by atoms with Crippen molar-refractivity contribution in [1.82, 2.24) is 10.6 Å². The first-order chi connectivity index (χ1) is 10.1. The van der Waals surface area contributed by atoms with Gasteiger partial charge in [-0.25, -0.2) is 0 Å². The minimum Gasteiger partial charge on any atom is -0.350 e. The highest BCUT2D eigenvalue weighted by molar-refractivity contribution is 5.76. The van der Waals surface area contributed by atoms with Crippen molar-refractivity contribution < 1.29 is 4.79 Å². The monoisotopic (exact) mass is 286 g/mol. The van der Waals surface area contributed by atoms with Crippen LogP contribution >= 0.6 is 0 Å². The van der Waals surface area contributed by atoms with Gasteiger partial charge in [-0.15, -0.1) is 0 Å². The van der Waals surface area contributed by atoms with Crippen LogP contribution in [0.2, 0.25) is 0 Å². The summed E-state index contributed by atoms with van der Waals surface area (Å²) in [5.41, 5.74) is 2.43. The van der Waals surface area contributed by atoms with E-state index in [0.29, 0.717) is 24.4 Å². The molecule has 0 radical (unpaired) electrons. The highest BCUT2D eigenvalue weighted by Gasteiger charge is 2.34. The van der Waals surface area contributed by atoms with E-state index >= 15 is 0 Å². The smallest absolute Gasteiger partial charge is 0.220 e. The molecule has 2 unspecified atom stereocenters. The lowest BCUT2D eigenvalue weighted by Crippen LogP contribution is -2.40. The number of hydrogen-bond acceptors (Lipinski definition) is 2. The van der Waals surface area contributed by atoms with E-state index in [2.05, 4.69) is 48.7 Å². The summed E-state index contributed by atoms with van der Waals surface area (Å²) >= 11 is 0. The number of nitrogens with one attached hydrogen (secondary N) is 2. The fraction of sp³-hybridized carbons (Fsp3) is 0.611. The van der Waals surface area contributed by atoms with Gasteiger partial charge in [0.25, 0.3) is 0 Å². The standard InChI is InChI=1S/C18H26N2O/c1-12-4-3-5-15(8-12)13(2)19-18(21)11-14-9-16-6-7-17(10-14)20-16/h3-5,8,13-14,16-17,20H,6-7,9-11H2,1-2H3,(H,19,21)/t13-,14?,16?,17?/m1/s1. The molecule has 1 amide bonds. The zero-order chi connectivity index (χ0) is 14.8. The molecule has 2 heterocycles. The maximum atomic E-state index is 12.3. The molecule has 3 heteroatoms. The van der Waals surface area contributed by atoms with Crippen LogP contribution in [0.25, 0.3) is 0 Å². The molecule has 0 aliphatic carbocycles. The molecule has 2 aliphatic heterocycles. The lowest BCUT2D eigenvalue weighted by molar-refractivity contribution is -0.122. The van der Waals surface area contributed by atoms with Crippen LogP contribution in [-0.2, 0) is 4.79 Å². The first-order valence-corrected chi connectivity index (χ1v) is 8.22. The maximum Gasteiger partial charge on any atom is 0.220 e. The third kappa shape index (κ3) is 3.65. The quantitative estimate of drug-likeness (QED) is 0.893. The van der Waals surface area contributed by atoms with Crippen LogP contribution in [0.1, 0.15) is 56.2 Å². The summed E-state index contributed by atoms with van der Waals surface area (Å²) in [7, 11) is 0. The van der Waals surface area contributed by atoms with E-state index in [-0.39, 0.29) is 11.9 Å². The van der Waals surface area contributed by atoms with Gasteiger partial charge in [0.05, 0.1) is 6.04 Å². The minimum absolute atomic E-state index is 0.0934. The number of aryl methyl sites for hydroxylation is 1. The molecule has 114 valence electrons. The van der Waals surface area contributed by atoms with E-state index in [1.165, 1.54) is 36.8 Å². The molecule has 2 saturated heterocycles. The van der Waals surface area contributed by atoms with Gasteiger partial charge in [0, 0.05) is 18.5 Å². The molecule has 3 rings (SSSR count). The van der Waals surface area contributed by atoms with Gasteiger partial charge in [-0.2, -0.15) is 0 Å². The Hall–Kier alpha value is -1.35. The van der Waals surface area contributed by atoms with Crippen LogP contribution in [-0.4, -0.2) is 18.0 Å². The summed E-state index contributed by atoms with van der Waals surface area (Å²) in [5.74, 6) is 0.767. The predicted octanol–water partition coefficient (Wildman–Crippen LogP) is 3.09. The van der Waals surface area contributed by atoms with E-state index < -0.39 is 0 Å². The van der Waals surface area contributed by atoms with E-state index in [1.807, 2.05) is 0 Å². The zero-order valence-corrected chi connectivity index (χ0v) is 13.1. The summed E-state index contributed by atoms with van der Waals surface area (Å²) in [4.78, 5) is 12.3. The molecule has 0 aromatic heterocycles. The molecule has 0 spiro atoms. The van der Waals surface area contributed by atoms with Gasteiger partial charge < -0.3 is 10.6 Å². The minimum atomic E-state index is 0.0934. The molecule has 0 saturated carbocycles. The molecular weight excluding hydrogens is 260 g/mol. The van der Waals surface area contributed by atoms with Crippen LogP contribution in [0.15, 0.2) is 24.3 Å². The fourth-order valence-corrected chi connectivity index (χ4v) is 3.93. The van der Waals surface area contributed by atoms with Crippen LogP contribution in [0.3, 0.4) is 0 Å². The van der Waals surface area contributed by atoms with Crippen LogP contribution < -0.4 is 10.6 Å². The number of carbonyl (C=O) groups is 1. The number of amides is 1. The van der Waals surface area contributed by atoms with Gasteiger partial charge in [-0.1, -0.05) is 29.8 Å². The van der Waals surface area contributed by atoms with Crippen molar-refractivity contribution >= 4 is 5.91 Å². The summed E-state index contributed by atoms with van der Waals surface area (Å²) < 4.78 is 0. The van der Waals surface area contributed by atoms with Gasteiger partial charge in [-0.3, -0.25) is 4.79 Å². The van der Waals surface area contributed by atoms with Gasteiger partial charge >= 0.3 is 0 Å². The van der Waals surface area contributed by atoms with Crippen molar-refractivity contribution in [2.24, 2.45) is 5.92 Å². The Kier molecular flexibility index (Phi) is 4.29. The lowest BCUT2D eigenvalue weighted by atomic mass is 9.89. The molecule has 2 fully saturated rings. The Morgan fingerprint density at radius 2 is 2.05 bits per heavy atom. The summed E-state index contributed by atoms with van der Waals surface area (Å²) in [6.45, 7) is 4.15. The summed E-state index contributed by atoms with van der Waals surface area (Å²) in [6.07, 6.45) is 5.61. The topological polar surface area (TPSA) is 41.1 Å². The van der Waals surface area contributed by atoms with Gasteiger partial charge in [0.2, 0.25) is 5.91 Å². The first-order valence-electron chi connectivity index (χ1n) is 8.22. The van der Waals surface area contributed by atoms with Crippen molar-refractivity contribution in [2.75, 3.05) is 0 Å². The Morgan fingerprint density at radius 3 is 2.71 bits per heavy atom. The summed E-state index contributed by atoms with van der Waals surface area (Å²) in [5, 5.41) is 6.80. The molecule has 1 aromatic rings. The van der Waals surface area contributed by atoms with Crippen LogP contribution in [0, 0.1) is 12.8 Å². The largest absolute Gasteiger partial charge is 0.350 e. The van der Waals surface area contributed by atoms with Crippen molar-refractivity contribution in [1.29, 1.82) is 0 Å². The normalized spacial score (nSPS) is 29.1. The third-order valence-electron chi connectivity index (χ3n) is 4.96. The first kappa shape index (κ1) is 14.6. The van der Waals surface area contributed by atoms with Crippen LogP contribution in [0.5, 0.6) is 0 Å². The molecule has 2 aliphatic rings. The lowest BCUT2D eigenvalue weighted by Gasteiger charge is -2.29. The fourth-order valence-electron chi connectivity index (χ4n) is 3.93. The molecule has 3 atom stereocenters. The van der Waals surface area contributed by atoms with Crippen molar-refractivity contribution in [3.63, 3.8) is 0 Å². The number of benzene rings is 1. The number of fused-ring (bicyclic) bond motifs is 2. The van der Waals surface area contributed by atoms with E-state index in [0.717, 1.165) is 0 Å². The molecule has 2 N–H and O–H groups in total. The molecule has 2 bridgehead atoms. The van der Waals surface area contributed by atoms with Crippen molar-refractivity contribution in [3.8, 4) is 0 Å². The van der Waals surface area contributed by atoms with E-state index in [9.17, 15) is 4.79 Å². The Bertz CT molecular complexity index is 502. The van der Waals surface area contributed by atoms with Crippen LogP contribution in [0.4, 0.5) is 0 Å². The Balaban J connectivity index is 1.52. The molecule has 1 aromatic carbocycles. The number of carbonyl (C=O) groups excluding carboxylic acids is 1. The highest BCUT2D eigenvalue weighted by atomic mass is 16.1. The Labute approximate surface area is 127 Å². The second kappa shape index (κ2) is 6.18. The average Bonchev–Trinajstić information content (AvgIpc) is 2.77. The van der Waals surface area contributed by atoms with Crippen molar-refractivity contribution in [3.05, 3.63) is 35.4 Å². The van der Waals surface area contributed by atoms with E-state index in [1.54, 1.807) is 0 Å². The number of rotatable bonds is 4. The number of piperidine rings is 1. The highest BCUT2D eigenvalue weighted by Crippen LogP contribution is 2.32.